The van der Waals surface area contributed by atoms with E-state index in [1.54, 1.807) is 18.5 Å². The molecule has 1 atom stereocenters. The number of nitrogens with zero attached hydrogens (tertiary/aromatic N) is 2. The Hall–Kier alpha value is -0.960. The second-order valence-corrected chi connectivity index (χ2v) is 4.25. The van der Waals surface area contributed by atoms with E-state index in [1.807, 2.05) is 20.8 Å². The van der Waals surface area contributed by atoms with Crippen LogP contribution < -0.4 is 0 Å². The molecule has 13 heavy (non-hydrogen) atoms. The highest BCUT2D eigenvalue weighted by Gasteiger charge is 2.22. The molecule has 3 nitrogen and oxygen atoms in total. The van der Waals surface area contributed by atoms with Crippen LogP contribution in [0.2, 0.25) is 0 Å². The van der Waals surface area contributed by atoms with Gasteiger partial charge in [0.15, 0.2) is 0 Å². The second kappa shape index (κ2) is 3.83. The van der Waals surface area contributed by atoms with Gasteiger partial charge in [0.2, 0.25) is 0 Å². The van der Waals surface area contributed by atoms with Crippen LogP contribution in [0.3, 0.4) is 0 Å². The molecule has 1 aromatic rings. The normalized spacial score (nSPS) is 14.2. The lowest BCUT2D eigenvalue weighted by atomic mass is 9.87. The van der Waals surface area contributed by atoms with Gasteiger partial charge in [-0.25, -0.2) is 9.97 Å². The Kier molecular flexibility index (Phi) is 2.98. The lowest BCUT2D eigenvalue weighted by molar-refractivity contribution is 0.0618. The maximum atomic E-state index is 9.76. The minimum absolute atomic E-state index is 0.112. The van der Waals surface area contributed by atoms with E-state index in [9.17, 15) is 5.11 Å². The zero-order chi connectivity index (χ0) is 9.90. The van der Waals surface area contributed by atoms with Crippen LogP contribution in [0.15, 0.2) is 18.5 Å². The molecule has 0 aliphatic heterocycles. The van der Waals surface area contributed by atoms with Gasteiger partial charge in [-0.1, -0.05) is 20.8 Å². The average Bonchev–Trinajstić information content (AvgIpc) is 2.04. The van der Waals surface area contributed by atoms with Crippen LogP contribution in [-0.2, 0) is 6.42 Å². The SMILES string of the molecule is CC(C)(C)C(O)Cc1ncccn1. The molecule has 1 rings (SSSR count). The van der Waals surface area contributed by atoms with Crippen molar-refractivity contribution in [1.82, 2.24) is 9.97 Å². The summed E-state index contributed by atoms with van der Waals surface area (Å²) in [6.07, 6.45) is 3.51. The minimum atomic E-state index is -0.394. The van der Waals surface area contributed by atoms with Crippen LogP contribution in [-0.4, -0.2) is 21.2 Å². The summed E-state index contributed by atoms with van der Waals surface area (Å²) in [4.78, 5) is 8.12. The summed E-state index contributed by atoms with van der Waals surface area (Å²) < 4.78 is 0. The van der Waals surface area contributed by atoms with E-state index in [4.69, 9.17) is 0 Å². The summed E-state index contributed by atoms with van der Waals surface area (Å²) in [7, 11) is 0. The number of aliphatic hydroxyl groups excluding tert-OH is 1. The highest BCUT2D eigenvalue weighted by Crippen LogP contribution is 2.20. The summed E-state index contributed by atoms with van der Waals surface area (Å²) in [6.45, 7) is 6.00. The van der Waals surface area contributed by atoms with E-state index in [1.165, 1.54) is 0 Å². The van der Waals surface area contributed by atoms with Crippen molar-refractivity contribution in [3.05, 3.63) is 24.3 Å². The van der Waals surface area contributed by atoms with Crippen molar-refractivity contribution in [1.29, 1.82) is 0 Å². The molecular weight excluding hydrogens is 164 g/mol. The molecule has 0 fully saturated rings. The van der Waals surface area contributed by atoms with Gasteiger partial charge < -0.3 is 5.11 Å². The van der Waals surface area contributed by atoms with Gasteiger partial charge in [0.25, 0.3) is 0 Å². The van der Waals surface area contributed by atoms with Crippen LogP contribution in [0.4, 0.5) is 0 Å². The third-order valence-corrected chi connectivity index (χ3v) is 1.99. The van der Waals surface area contributed by atoms with E-state index in [2.05, 4.69) is 9.97 Å². The predicted octanol–water partition coefficient (Wildman–Crippen LogP) is 1.43. The molecule has 0 spiro atoms. The molecule has 72 valence electrons. The van der Waals surface area contributed by atoms with Crippen molar-refractivity contribution in [3.8, 4) is 0 Å². The highest BCUT2D eigenvalue weighted by molar-refractivity contribution is 4.92. The molecule has 0 bridgehead atoms. The molecule has 0 saturated heterocycles. The van der Waals surface area contributed by atoms with Crippen molar-refractivity contribution in [3.63, 3.8) is 0 Å². The second-order valence-electron chi connectivity index (χ2n) is 4.25. The lowest BCUT2D eigenvalue weighted by Crippen LogP contribution is -2.28. The number of rotatable bonds is 2. The first-order chi connectivity index (χ1) is 6.00. The summed E-state index contributed by atoms with van der Waals surface area (Å²) in [5, 5.41) is 9.76. The number of aromatic nitrogens is 2. The Bertz CT molecular complexity index is 253. The largest absolute Gasteiger partial charge is 0.392 e. The molecule has 0 aliphatic rings. The first-order valence-electron chi connectivity index (χ1n) is 4.44. The van der Waals surface area contributed by atoms with Crippen molar-refractivity contribution in [2.75, 3.05) is 0 Å². The van der Waals surface area contributed by atoms with Crippen LogP contribution in [0, 0.1) is 5.41 Å². The molecule has 0 saturated carbocycles. The summed E-state index contributed by atoms with van der Waals surface area (Å²) in [5.41, 5.74) is -0.112. The molecule has 1 unspecified atom stereocenters. The van der Waals surface area contributed by atoms with Crippen molar-refractivity contribution in [2.45, 2.75) is 33.3 Å². The maximum absolute atomic E-state index is 9.76. The first kappa shape index (κ1) is 10.1. The van der Waals surface area contributed by atoms with Gasteiger partial charge in [-0.3, -0.25) is 0 Å². The van der Waals surface area contributed by atoms with Crippen LogP contribution in [0.5, 0.6) is 0 Å². The first-order valence-corrected chi connectivity index (χ1v) is 4.44. The fourth-order valence-electron chi connectivity index (χ4n) is 0.914. The standard InChI is InChI=1S/C10H16N2O/c1-10(2,3)8(13)7-9-11-5-4-6-12-9/h4-6,8,13H,7H2,1-3H3. The van der Waals surface area contributed by atoms with Gasteiger partial charge in [-0.2, -0.15) is 0 Å². The van der Waals surface area contributed by atoms with E-state index in [-0.39, 0.29) is 5.41 Å². The third-order valence-electron chi connectivity index (χ3n) is 1.99. The molecule has 1 heterocycles. The van der Waals surface area contributed by atoms with Crippen molar-refractivity contribution in [2.24, 2.45) is 5.41 Å². The van der Waals surface area contributed by atoms with E-state index >= 15 is 0 Å². The zero-order valence-electron chi connectivity index (χ0n) is 8.36. The minimum Gasteiger partial charge on any atom is -0.392 e. The molecule has 3 heteroatoms. The molecule has 0 aromatic carbocycles. The fraction of sp³-hybridized carbons (Fsp3) is 0.600. The third kappa shape index (κ3) is 3.11. The molecule has 0 radical (unpaired) electrons. The average molecular weight is 180 g/mol. The number of hydrogen-bond acceptors (Lipinski definition) is 3. The molecule has 1 aromatic heterocycles. The predicted molar refractivity (Wildman–Crippen MR) is 51.2 cm³/mol. The van der Waals surface area contributed by atoms with Crippen LogP contribution in [0.1, 0.15) is 26.6 Å². The molecule has 0 amide bonds. The quantitative estimate of drug-likeness (QED) is 0.748. The van der Waals surface area contributed by atoms with E-state index in [0.717, 1.165) is 0 Å². The monoisotopic (exact) mass is 180 g/mol. The van der Waals surface area contributed by atoms with Gasteiger partial charge in [-0.15, -0.1) is 0 Å². The number of aliphatic hydroxyl groups is 1. The molecule has 0 aliphatic carbocycles. The van der Waals surface area contributed by atoms with E-state index in [0.29, 0.717) is 12.2 Å². The van der Waals surface area contributed by atoms with Crippen LogP contribution >= 0.6 is 0 Å². The summed E-state index contributed by atoms with van der Waals surface area (Å²) >= 11 is 0. The molecular formula is C10H16N2O. The van der Waals surface area contributed by atoms with E-state index < -0.39 is 6.10 Å². The Balaban J connectivity index is 2.61. The topological polar surface area (TPSA) is 46.0 Å². The Morgan fingerprint density at radius 3 is 2.31 bits per heavy atom. The van der Waals surface area contributed by atoms with Crippen molar-refractivity contribution < 1.29 is 5.11 Å². The Morgan fingerprint density at radius 1 is 1.31 bits per heavy atom. The lowest BCUT2D eigenvalue weighted by Gasteiger charge is -2.24. The van der Waals surface area contributed by atoms with Gasteiger partial charge in [0, 0.05) is 18.8 Å². The van der Waals surface area contributed by atoms with Crippen LogP contribution in [0.25, 0.3) is 0 Å². The van der Waals surface area contributed by atoms with Gasteiger partial charge in [-0.05, 0) is 11.5 Å². The highest BCUT2D eigenvalue weighted by atomic mass is 16.3. The Labute approximate surface area is 78.9 Å². The molecule has 1 N–H and O–H groups in total. The van der Waals surface area contributed by atoms with Gasteiger partial charge >= 0.3 is 0 Å². The zero-order valence-corrected chi connectivity index (χ0v) is 8.36. The Morgan fingerprint density at radius 2 is 1.85 bits per heavy atom. The summed E-state index contributed by atoms with van der Waals surface area (Å²) in [6, 6.07) is 1.77. The maximum Gasteiger partial charge on any atom is 0.130 e. The van der Waals surface area contributed by atoms with Crippen molar-refractivity contribution >= 4 is 0 Å². The van der Waals surface area contributed by atoms with Gasteiger partial charge in [0.05, 0.1) is 6.10 Å². The smallest absolute Gasteiger partial charge is 0.130 e. The summed E-state index contributed by atoms with van der Waals surface area (Å²) in [5.74, 6) is 0.699. The van der Waals surface area contributed by atoms with Gasteiger partial charge in [0.1, 0.15) is 5.82 Å². The fourth-order valence-corrected chi connectivity index (χ4v) is 0.914. The number of hydrogen-bond donors (Lipinski definition) is 1.